The van der Waals surface area contributed by atoms with Crippen LogP contribution < -0.4 is 4.74 Å². The van der Waals surface area contributed by atoms with Crippen LogP contribution in [0.1, 0.15) is 40.7 Å². The van der Waals surface area contributed by atoms with E-state index in [0.29, 0.717) is 5.92 Å². The Bertz CT molecular complexity index is 1230. The number of allylic oxidation sites excluding steroid dienone is 2. The van der Waals surface area contributed by atoms with E-state index in [1.54, 1.807) is 7.11 Å². The van der Waals surface area contributed by atoms with Crippen molar-refractivity contribution in [2.45, 2.75) is 25.7 Å². The SMILES string of the molecule is COc1cccc2c(CCc3ccccc3)cc(C3C=C(C)c4ccccc43)cc12. The molecule has 1 nitrogen and oxygen atoms in total. The number of ether oxygens (including phenoxy) is 1. The Kier molecular flexibility index (Phi) is 4.88. The maximum Gasteiger partial charge on any atom is 0.126 e. The van der Waals surface area contributed by atoms with Gasteiger partial charge in [-0.05, 0) is 70.7 Å². The molecular formula is C29H26O. The highest BCUT2D eigenvalue weighted by Crippen LogP contribution is 2.42. The number of hydrogen-bond acceptors (Lipinski definition) is 1. The summed E-state index contributed by atoms with van der Waals surface area (Å²) in [7, 11) is 1.76. The van der Waals surface area contributed by atoms with E-state index >= 15 is 0 Å². The number of benzene rings is 4. The maximum absolute atomic E-state index is 5.74. The molecule has 30 heavy (non-hydrogen) atoms. The van der Waals surface area contributed by atoms with Crippen molar-refractivity contribution < 1.29 is 4.74 Å². The van der Waals surface area contributed by atoms with Gasteiger partial charge >= 0.3 is 0 Å². The lowest BCUT2D eigenvalue weighted by Gasteiger charge is -2.17. The monoisotopic (exact) mass is 390 g/mol. The second-order valence-electron chi connectivity index (χ2n) is 8.14. The molecule has 0 aromatic heterocycles. The van der Waals surface area contributed by atoms with Gasteiger partial charge in [-0.1, -0.05) is 78.9 Å². The fourth-order valence-corrected chi connectivity index (χ4v) is 4.78. The van der Waals surface area contributed by atoms with Crippen LogP contribution in [0.5, 0.6) is 5.75 Å². The van der Waals surface area contributed by atoms with Crippen molar-refractivity contribution >= 4 is 16.3 Å². The van der Waals surface area contributed by atoms with Crippen molar-refractivity contribution in [3.63, 3.8) is 0 Å². The zero-order valence-corrected chi connectivity index (χ0v) is 17.6. The third-order valence-electron chi connectivity index (χ3n) is 6.31. The topological polar surface area (TPSA) is 9.23 Å². The van der Waals surface area contributed by atoms with Crippen LogP contribution in [-0.2, 0) is 12.8 Å². The lowest BCUT2D eigenvalue weighted by molar-refractivity contribution is 0.420. The minimum atomic E-state index is 0.297. The third-order valence-corrected chi connectivity index (χ3v) is 6.31. The van der Waals surface area contributed by atoms with Gasteiger partial charge < -0.3 is 4.74 Å². The summed E-state index contributed by atoms with van der Waals surface area (Å²) in [5, 5.41) is 2.50. The molecule has 0 fully saturated rings. The fraction of sp³-hybridized carbons (Fsp3) is 0.172. The normalized spacial score (nSPS) is 15.1. The molecule has 4 aromatic carbocycles. The zero-order chi connectivity index (χ0) is 20.5. The Hall–Kier alpha value is -3.32. The largest absolute Gasteiger partial charge is 0.496 e. The number of methoxy groups -OCH3 is 1. The highest BCUT2D eigenvalue weighted by molar-refractivity contribution is 5.92. The molecule has 0 bridgehead atoms. The standard InChI is InChI=1S/C29H26O/c1-20-17-27(26-12-7-6-11-24(20)26)23-18-22(16-15-21-9-4-3-5-10-21)25-13-8-14-29(30-2)28(25)19-23/h3-14,17-19,27H,15-16H2,1-2H3. The molecule has 1 aliphatic rings. The molecule has 1 heteroatoms. The molecule has 0 saturated heterocycles. The van der Waals surface area contributed by atoms with E-state index < -0.39 is 0 Å². The Morgan fingerprint density at radius 2 is 1.57 bits per heavy atom. The van der Waals surface area contributed by atoms with Crippen LogP contribution in [0.25, 0.3) is 16.3 Å². The molecule has 1 unspecified atom stereocenters. The van der Waals surface area contributed by atoms with E-state index in [-0.39, 0.29) is 0 Å². The van der Waals surface area contributed by atoms with Crippen LogP contribution in [0.15, 0.2) is 91.0 Å². The van der Waals surface area contributed by atoms with E-state index in [1.165, 1.54) is 44.2 Å². The predicted molar refractivity (Wildman–Crippen MR) is 126 cm³/mol. The molecular weight excluding hydrogens is 364 g/mol. The lowest BCUT2D eigenvalue weighted by atomic mass is 9.88. The molecule has 0 N–H and O–H groups in total. The van der Waals surface area contributed by atoms with Gasteiger partial charge in [-0.25, -0.2) is 0 Å². The van der Waals surface area contributed by atoms with Gasteiger partial charge in [0.15, 0.2) is 0 Å². The summed E-state index contributed by atoms with van der Waals surface area (Å²) in [5.74, 6) is 1.24. The fourth-order valence-electron chi connectivity index (χ4n) is 4.78. The Labute approximate surface area is 178 Å². The van der Waals surface area contributed by atoms with Gasteiger partial charge in [0.2, 0.25) is 0 Å². The van der Waals surface area contributed by atoms with Gasteiger partial charge in [-0.15, -0.1) is 0 Å². The van der Waals surface area contributed by atoms with E-state index in [2.05, 4.69) is 97.9 Å². The first-order chi connectivity index (χ1) is 14.7. The molecule has 1 atom stereocenters. The van der Waals surface area contributed by atoms with E-state index in [9.17, 15) is 0 Å². The first kappa shape index (κ1) is 18.7. The highest BCUT2D eigenvalue weighted by atomic mass is 16.5. The van der Waals surface area contributed by atoms with Crippen LogP contribution in [0.3, 0.4) is 0 Å². The number of hydrogen-bond donors (Lipinski definition) is 0. The van der Waals surface area contributed by atoms with E-state index in [0.717, 1.165) is 18.6 Å². The molecule has 0 amide bonds. The van der Waals surface area contributed by atoms with Crippen molar-refractivity contribution in [1.29, 1.82) is 0 Å². The smallest absolute Gasteiger partial charge is 0.126 e. The molecule has 0 saturated carbocycles. The molecule has 1 aliphatic carbocycles. The molecule has 0 heterocycles. The first-order valence-electron chi connectivity index (χ1n) is 10.7. The Balaban J connectivity index is 1.63. The average molecular weight is 391 g/mol. The molecule has 0 aliphatic heterocycles. The second-order valence-corrected chi connectivity index (χ2v) is 8.14. The summed E-state index contributed by atoms with van der Waals surface area (Å²) in [6.45, 7) is 2.22. The van der Waals surface area contributed by atoms with Gasteiger partial charge in [0.05, 0.1) is 7.11 Å². The minimum Gasteiger partial charge on any atom is -0.496 e. The predicted octanol–water partition coefficient (Wildman–Crippen LogP) is 7.18. The summed E-state index contributed by atoms with van der Waals surface area (Å²) in [6, 6.07) is 30.7. The number of aryl methyl sites for hydroxylation is 2. The molecule has 0 radical (unpaired) electrons. The van der Waals surface area contributed by atoms with Crippen LogP contribution in [0, 0.1) is 0 Å². The molecule has 0 spiro atoms. The minimum absolute atomic E-state index is 0.297. The summed E-state index contributed by atoms with van der Waals surface area (Å²) in [5.41, 5.74) is 8.24. The first-order valence-corrected chi connectivity index (χ1v) is 10.7. The zero-order valence-electron chi connectivity index (χ0n) is 17.6. The van der Waals surface area contributed by atoms with Crippen molar-refractivity contribution in [1.82, 2.24) is 0 Å². The second kappa shape index (κ2) is 7.84. The van der Waals surface area contributed by atoms with Gasteiger partial charge in [0.1, 0.15) is 5.75 Å². The summed E-state index contributed by atoms with van der Waals surface area (Å²) >= 11 is 0. The summed E-state index contributed by atoms with van der Waals surface area (Å²) in [4.78, 5) is 0. The van der Waals surface area contributed by atoms with Crippen LogP contribution in [0.2, 0.25) is 0 Å². The number of rotatable bonds is 5. The Morgan fingerprint density at radius 3 is 2.40 bits per heavy atom. The van der Waals surface area contributed by atoms with Crippen molar-refractivity contribution in [3.8, 4) is 5.75 Å². The van der Waals surface area contributed by atoms with Gasteiger partial charge in [0, 0.05) is 11.3 Å². The van der Waals surface area contributed by atoms with Crippen LogP contribution >= 0.6 is 0 Å². The number of fused-ring (bicyclic) bond motifs is 2. The van der Waals surface area contributed by atoms with Crippen LogP contribution in [-0.4, -0.2) is 7.11 Å². The van der Waals surface area contributed by atoms with Gasteiger partial charge in [-0.3, -0.25) is 0 Å². The molecule has 4 aromatic rings. The molecule has 5 rings (SSSR count). The lowest BCUT2D eigenvalue weighted by Crippen LogP contribution is -2.00. The van der Waals surface area contributed by atoms with Crippen molar-refractivity contribution in [3.05, 3.63) is 119 Å². The molecule has 148 valence electrons. The van der Waals surface area contributed by atoms with Gasteiger partial charge in [0.25, 0.3) is 0 Å². The average Bonchev–Trinajstić information content (AvgIpc) is 3.14. The van der Waals surface area contributed by atoms with Crippen molar-refractivity contribution in [2.24, 2.45) is 0 Å². The summed E-state index contributed by atoms with van der Waals surface area (Å²) in [6.07, 6.45) is 4.45. The van der Waals surface area contributed by atoms with Crippen molar-refractivity contribution in [2.75, 3.05) is 7.11 Å². The quantitative estimate of drug-likeness (QED) is 0.351. The highest BCUT2D eigenvalue weighted by Gasteiger charge is 2.23. The van der Waals surface area contributed by atoms with Crippen LogP contribution in [0.4, 0.5) is 0 Å². The summed E-state index contributed by atoms with van der Waals surface area (Å²) < 4.78 is 5.74. The third kappa shape index (κ3) is 3.31. The maximum atomic E-state index is 5.74. The van der Waals surface area contributed by atoms with Gasteiger partial charge in [-0.2, -0.15) is 0 Å². The Morgan fingerprint density at radius 1 is 0.767 bits per heavy atom. The van der Waals surface area contributed by atoms with E-state index in [1.807, 2.05) is 0 Å². The van der Waals surface area contributed by atoms with E-state index in [4.69, 9.17) is 4.74 Å².